The van der Waals surface area contributed by atoms with E-state index in [0.29, 0.717) is 12.1 Å². The lowest BCUT2D eigenvalue weighted by molar-refractivity contribution is -0.0233. The quantitative estimate of drug-likeness (QED) is 0.746. The van der Waals surface area contributed by atoms with Crippen LogP contribution in [0, 0.1) is 0 Å². The lowest BCUT2D eigenvalue weighted by Gasteiger charge is -2.13. The summed E-state index contributed by atoms with van der Waals surface area (Å²) in [5.74, 6) is -0.417. The summed E-state index contributed by atoms with van der Waals surface area (Å²) >= 11 is 0. The van der Waals surface area contributed by atoms with Crippen LogP contribution in [0.4, 0.5) is 0 Å². The third kappa shape index (κ3) is 1.62. The van der Waals surface area contributed by atoms with Crippen molar-refractivity contribution in [3.8, 4) is 5.88 Å². The molecule has 8 nitrogen and oxygen atoms in total. The van der Waals surface area contributed by atoms with Gasteiger partial charge in [-0.15, -0.1) is 0 Å². The van der Waals surface area contributed by atoms with Crippen molar-refractivity contribution in [3.05, 3.63) is 12.7 Å². The molecule has 0 saturated carbocycles. The predicted octanol–water partition coefficient (Wildman–Crippen LogP) is -0.423. The van der Waals surface area contributed by atoms with E-state index in [0.717, 1.165) is 0 Å². The minimum Gasteiger partial charge on any atom is -0.394 e. The minimum atomic E-state index is -0.417. The normalized spacial score (nSPS) is 28.0. The molecule has 0 spiro atoms. The number of imidazole rings is 1. The minimum absolute atomic E-state index is 0.133. The van der Waals surface area contributed by atoms with Gasteiger partial charge in [0.2, 0.25) is 0 Å². The second-order valence-corrected chi connectivity index (χ2v) is 4.21. The second-order valence-electron chi connectivity index (χ2n) is 4.21. The Kier molecular flexibility index (Phi) is 2.62. The molecule has 0 aliphatic carbocycles. The number of aromatic nitrogens is 4. The molecule has 0 aromatic carbocycles. The molecule has 95 valence electrons. The van der Waals surface area contributed by atoms with E-state index < -0.39 is 12.0 Å². The van der Waals surface area contributed by atoms with Crippen LogP contribution in [0.1, 0.15) is 12.6 Å². The Hall–Kier alpha value is -1.77. The van der Waals surface area contributed by atoms with E-state index in [9.17, 15) is 5.11 Å². The largest absolute Gasteiger partial charge is 0.394 e. The number of nitrogens with two attached hydrogens (primary N) is 1. The van der Waals surface area contributed by atoms with Crippen LogP contribution in [-0.2, 0) is 9.84 Å². The fourth-order valence-electron chi connectivity index (χ4n) is 2.14. The number of ether oxygens (including phenoxy) is 1. The Balaban J connectivity index is 1.99. The van der Waals surface area contributed by atoms with E-state index in [1.807, 2.05) is 0 Å². The van der Waals surface area contributed by atoms with Crippen LogP contribution in [0.2, 0.25) is 0 Å². The van der Waals surface area contributed by atoms with Gasteiger partial charge in [-0.3, -0.25) is 9.67 Å². The fraction of sp³-hybridized carbons (Fsp3) is 0.500. The summed E-state index contributed by atoms with van der Waals surface area (Å²) in [4.78, 5) is 11.6. The first-order valence-electron chi connectivity index (χ1n) is 5.57. The van der Waals surface area contributed by atoms with Crippen LogP contribution in [0.25, 0.3) is 11.2 Å². The van der Waals surface area contributed by atoms with E-state index >= 15 is 0 Å². The zero-order valence-electron chi connectivity index (χ0n) is 9.43. The van der Waals surface area contributed by atoms with Gasteiger partial charge in [0.15, 0.2) is 11.2 Å². The predicted molar refractivity (Wildman–Crippen MR) is 59.0 cm³/mol. The van der Waals surface area contributed by atoms with Crippen LogP contribution < -0.4 is 5.73 Å². The van der Waals surface area contributed by atoms with Gasteiger partial charge in [0.05, 0.1) is 19.0 Å². The Morgan fingerprint density at radius 2 is 2.33 bits per heavy atom. The molecule has 3 unspecified atom stereocenters. The van der Waals surface area contributed by atoms with Crippen LogP contribution in [0.15, 0.2) is 12.7 Å². The molecule has 3 N–H and O–H groups in total. The van der Waals surface area contributed by atoms with Crippen molar-refractivity contribution < 1.29 is 14.9 Å². The first-order chi connectivity index (χ1) is 8.70. The molecule has 2 aromatic heterocycles. The molecule has 1 aliphatic heterocycles. The lowest BCUT2D eigenvalue weighted by Crippen LogP contribution is -2.32. The molecule has 1 radical (unpaired) electrons. The van der Waals surface area contributed by atoms with E-state index in [-0.39, 0.29) is 24.4 Å². The van der Waals surface area contributed by atoms with Crippen molar-refractivity contribution >= 4 is 11.2 Å². The highest BCUT2D eigenvalue weighted by molar-refractivity contribution is 5.75. The van der Waals surface area contributed by atoms with Crippen LogP contribution in [-0.4, -0.2) is 43.4 Å². The first kappa shape index (κ1) is 11.3. The number of aliphatic hydroxyl groups excluding tert-OH is 1. The molecular formula is C10H12N5O3. The maximum Gasteiger partial charge on any atom is 0.300 e. The summed E-state index contributed by atoms with van der Waals surface area (Å²) in [6.07, 6.45) is 2.45. The molecule has 1 fully saturated rings. The highest BCUT2D eigenvalue weighted by atomic mass is 16.5. The topological polar surface area (TPSA) is 119 Å². The molecule has 0 bridgehead atoms. The Bertz CT molecular complexity index is 572. The van der Waals surface area contributed by atoms with Gasteiger partial charge < -0.3 is 15.6 Å². The lowest BCUT2D eigenvalue weighted by atomic mass is 10.1. The summed E-state index contributed by atoms with van der Waals surface area (Å²) in [6, 6.07) is -0.244. The maximum absolute atomic E-state index is 11.5. The number of rotatable bonds is 2. The fourth-order valence-corrected chi connectivity index (χ4v) is 2.14. The number of aliphatic hydroxyl groups is 1. The Morgan fingerprint density at radius 3 is 3.06 bits per heavy atom. The van der Waals surface area contributed by atoms with Crippen molar-refractivity contribution in [2.24, 2.45) is 5.73 Å². The summed E-state index contributed by atoms with van der Waals surface area (Å²) < 4.78 is 7.25. The van der Waals surface area contributed by atoms with Crippen LogP contribution in [0.5, 0.6) is 5.88 Å². The smallest absolute Gasteiger partial charge is 0.300 e. The molecule has 1 aliphatic rings. The van der Waals surface area contributed by atoms with Gasteiger partial charge in [0.1, 0.15) is 12.6 Å². The molecule has 3 rings (SSSR count). The SMILES string of the molecule is NC1CC(n2cnc3c([O])ncnc32)OC1CO. The molecule has 18 heavy (non-hydrogen) atoms. The number of hydrogen-bond acceptors (Lipinski definition) is 6. The van der Waals surface area contributed by atoms with E-state index in [1.54, 1.807) is 4.57 Å². The van der Waals surface area contributed by atoms with Crippen molar-refractivity contribution in [2.45, 2.75) is 24.8 Å². The van der Waals surface area contributed by atoms with Gasteiger partial charge in [-0.25, -0.2) is 9.97 Å². The summed E-state index contributed by atoms with van der Waals surface area (Å²) in [5, 5.41) is 20.6. The third-order valence-electron chi connectivity index (χ3n) is 3.10. The Labute approximate surface area is 102 Å². The van der Waals surface area contributed by atoms with Crippen LogP contribution >= 0.6 is 0 Å². The van der Waals surface area contributed by atoms with Crippen molar-refractivity contribution in [2.75, 3.05) is 6.61 Å². The van der Waals surface area contributed by atoms with E-state index in [1.165, 1.54) is 12.7 Å². The Morgan fingerprint density at radius 1 is 1.50 bits per heavy atom. The zero-order chi connectivity index (χ0) is 12.7. The summed E-state index contributed by atoms with van der Waals surface area (Å²) in [5.41, 5.74) is 6.48. The van der Waals surface area contributed by atoms with Crippen molar-refractivity contribution in [1.82, 2.24) is 19.5 Å². The first-order valence-corrected chi connectivity index (χ1v) is 5.57. The zero-order valence-corrected chi connectivity index (χ0v) is 9.43. The number of hydrogen-bond donors (Lipinski definition) is 2. The van der Waals surface area contributed by atoms with E-state index in [4.69, 9.17) is 15.6 Å². The number of nitrogens with zero attached hydrogens (tertiary/aromatic N) is 4. The van der Waals surface area contributed by atoms with Crippen molar-refractivity contribution in [3.63, 3.8) is 0 Å². The van der Waals surface area contributed by atoms with Crippen LogP contribution in [0.3, 0.4) is 0 Å². The van der Waals surface area contributed by atoms with Gasteiger partial charge in [-0.2, -0.15) is 4.98 Å². The molecule has 1 saturated heterocycles. The molecule has 3 heterocycles. The average Bonchev–Trinajstić information content (AvgIpc) is 2.93. The maximum atomic E-state index is 11.5. The highest BCUT2D eigenvalue weighted by Gasteiger charge is 2.34. The number of fused-ring (bicyclic) bond motifs is 1. The molecule has 3 atom stereocenters. The average molecular weight is 250 g/mol. The summed E-state index contributed by atoms with van der Waals surface area (Å²) in [6.45, 7) is -0.133. The van der Waals surface area contributed by atoms with Gasteiger partial charge in [-0.05, 0) is 0 Å². The summed E-state index contributed by atoms with van der Waals surface area (Å²) in [7, 11) is 0. The van der Waals surface area contributed by atoms with Gasteiger partial charge >= 0.3 is 5.88 Å². The van der Waals surface area contributed by atoms with Gasteiger partial charge in [0.25, 0.3) is 0 Å². The molecular weight excluding hydrogens is 238 g/mol. The second kappa shape index (κ2) is 4.16. The highest BCUT2D eigenvalue weighted by Crippen LogP contribution is 2.30. The third-order valence-corrected chi connectivity index (χ3v) is 3.10. The van der Waals surface area contributed by atoms with Gasteiger partial charge in [0, 0.05) is 12.5 Å². The standard InChI is InChI=1S/C10H12N5O3/c11-5-1-7(18-6(5)2-16)15-4-14-8-9(15)12-3-13-10(8)17/h3-7,16H,1-2,11H2. The van der Waals surface area contributed by atoms with Gasteiger partial charge in [-0.1, -0.05) is 0 Å². The molecule has 8 heteroatoms. The monoisotopic (exact) mass is 250 g/mol. The van der Waals surface area contributed by atoms with Crippen molar-refractivity contribution in [1.29, 1.82) is 0 Å². The molecule has 0 amide bonds. The molecule has 2 aromatic rings. The van der Waals surface area contributed by atoms with E-state index in [2.05, 4.69) is 15.0 Å².